The molecule has 1 rings (SSSR count). The topological polar surface area (TPSA) is 26.3 Å². The third kappa shape index (κ3) is 1.87. The standard InChI is InChI=1S/C10H16O2/c1-4-7(2)10-8(3)5-6-9(11)12-10/h5,7,10H,4,6H2,1-3H3/t7-,10-/m1/s1. The van der Waals surface area contributed by atoms with Crippen molar-refractivity contribution in [1.82, 2.24) is 0 Å². The lowest BCUT2D eigenvalue weighted by Gasteiger charge is -2.26. The Morgan fingerprint density at radius 3 is 3.00 bits per heavy atom. The Morgan fingerprint density at radius 2 is 2.42 bits per heavy atom. The zero-order valence-corrected chi connectivity index (χ0v) is 7.96. The molecule has 0 aromatic heterocycles. The van der Waals surface area contributed by atoms with Gasteiger partial charge in [0.1, 0.15) is 6.10 Å². The maximum absolute atomic E-state index is 11.0. The maximum Gasteiger partial charge on any atom is 0.310 e. The predicted molar refractivity (Wildman–Crippen MR) is 47.7 cm³/mol. The van der Waals surface area contributed by atoms with Gasteiger partial charge in [0.25, 0.3) is 0 Å². The van der Waals surface area contributed by atoms with Gasteiger partial charge < -0.3 is 4.74 Å². The molecule has 1 aliphatic heterocycles. The molecular formula is C10H16O2. The summed E-state index contributed by atoms with van der Waals surface area (Å²) in [7, 11) is 0. The Labute approximate surface area is 73.6 Å². The van der Waals surface area contributed by atoms with Gasteiger partial charge in [-0.3, -0.25) is 4.79 Å². The van der Waals surface area contributed by atoms with Crippen molar-refractivity contribution >= 4 is 5.97 Å². The molecule has 1 heterocycles. The number of carbonyl (C=O) groups excluding carboxylic acids is 1. The smallest absolute Gasteiger partial charge is 0.310 e. The van der Waals surface area contributed by atoms with Crippen molar-refractivity contribution in [3.63, 3.8) is 0 Å². The molecular weight excluding hydrogens is 152 g/mol. The minimum absolute atomic E-state index is 0.0243. The van der Waals surface area contributed by atoms with E-state index >= 15 is 0 Å². The van der Waals surface area contributed by atoms with Crippen LogP contribution in [0.2, 0.25) is 0 Å². The molecule has 2 atom stereocenters. The van der Waals surface area contributed by atoms with Gasteiger partial charge in [-0.15, -0.1) is 0 Å². The molecule has 0 amide bonds. The number of esters is 1. The summed E-state index contributed by atoms with van der Waals surface area (Å²) in [5.74, 6) is 0.344. The Balaban J connectivity index is 2.69. The Kier molecular flexibility index (Phi) is 2.90. The van der Waals surface area contributed by atoms with Gasteiger partial charge in [0.05, 0.1) is 6.42 Å². The van der Waals surface area contributed by atoms with E-state index in [1.165, 1.54) is 5.57 Å². The normalized spacial score (nSPS) is 26.1. The third-order valence-corrected chi connectivity index (χ3v) is 2.46. The fourth-order valence-corrected chi connectivity index (χ4v) is 1.42. The second-order valence-electron chi connectivity index (χ2n) is 3.45. The van der Waals surface area contributed by atoms with Gasteiger partial charge in [-0.25, -0.2) is 0 Å². The van der Waals surface area contributed by atoms with E-state index in [1.807, 2.05) is 13.0 Å². The summed E-state index contributed by atoms with van der Waals surface area (Å²) < 4.78 is 5.24. The van der Waals surface area contributed by atoms with E-state index in [0.29, 0.717) is 12.3 Å². The minimum atomic E-state index is -0.0918. The lowest BCUT2D eigenvalue weighted by atomic mass is 9.94. The number of carbonyl (C=O) groups is 1. The fraction of sp³-hybridized carbons (Fsp3) is 0.700. The molecule has 1 aliphatic rings. The second-order valence-corrected chi connectivity index (χ2v) is 3.45. The highest BCUT2D eigenvalue weighted by molar-refractivity contribution is 5.73. The van der Waals surface area contributed by atoms with Crippen molar-refractivity contribution in [3.05, 3.63) is 11.6 Å². The largest absolute Gasteiger partial charge is 0.457 e. The number of ether oxygens (including phenoxy) is 1. The monoisotopic (exact) mass is 168 g/mol. The molecule has 68 valence electrons. The SMILES string of the molecule is CC[C@@H](C)[C@H]1OC(=O)CC=C1C. The van der Waals surface area contributed by atoms with Crippen molar-refractivity contribution in [2.24, 2.45) is 5.92 Å². The van der Waals surface area contributed by atoms with E-state index in [4.69, 9.17) is 4.74 Å². The van der Waals surface area contributed by atoms with Crippen LogP contribution in [0.5, 0.6) is 0 Å². The average molecular weight is 168 g/mol. The van der Waals surface area contributed by atoms with Crippen molar-refractivity contribution in [2.75, 3.05) is 0 Å². The van der Waals surface area contributed by atoms with Crippen LogP contribution in [0.4, 0.5) is 0 Å². The number of hydrogen-bond donors (Lipinski definition) is 0. The Morgan fingerprint density at radius 1 is 1.75 bits per heavy atom. The molecule has 2 heteroatoms. The van der Waals surface area contributed by atoms with Gasteiger partial charge >= 0.3 is 5.97 Å². The average Bonchev–Trinajstić information content (AvgIpc) is 2.08. The molecule has 0 aliphatic carbocycles. The number of cyclic esters (lactones) is 1. The van der Waals surface area contributed by atoms with Crippen LogP contribution >= 0.6 is 0 Å². The molecule has 0 radical (unpaired) electrons. The predicted octanol–water partition coefficient (Wildman–Crippen LogP) is 2.29. The van der Waals surface area contributed by atoms with Crippen LogP contribution in [-0.2, 0) is 9.53 Å². The summed E-state index contributed by atoms with van der Waals surface area (Å²) in [6.45, 7) is 6.25. The van der Waals surface area contributed by atoms with Gasteiger partial charge in [0.15, 0.2) is 0 Å². The molecule has 0 spiro atoms. The lowest BCUT2D eigenvalue weighted by Crippen LogP contribution is -2.29. The van der Waals surface area contributed by atoms with Crippen molar-refractivity contribution in [1.29, 1.82) is 0 Å². The van der Waals surface area contributed by atoms with Crippen LogP contribution in [0.1, 0.15) is 33.6 Å². The van der Waals surface area contributed by atoms with Crippen LogP contribution < -0.4 is 0 Å². The summed E-state index contributed by atoms with van der Waals surface area (Å²) in [5.41, 5.74) is 1.20. The van der Waals surface area contributed by atoms with Gasteiger partial charge in [-0.05, 0) is 24.8 Å². The van der Waals surface area contributed by atoms with E-state index in [1.54, 1.807) is 0 Å². The van der Waals surface area contributed by atoms with Crippen LogP contribution in [-0.4, -0.2) is 12.1 Å². The fourth-order valence-electron chi connectivity index (χ4n) is 1.42. The van der Waals surface area contributed by atoms with Crippen LogP contribution in [0.3, 0.4) is 0 Å². The molecule has 0 aromatic carbocycles. The quantitative estimate of drug-likeness (QED) is 0.467. The Hall–Kier alpha value is -0.790. The van der Waals surface area contributed by atoms with E-state index in [2.05, 4.69) is 13.8 Å². The van der Waals surface area contributed by atoms with Gasteiger partial charge in [-0.1, -0.05) is 19.9 Å². The summed E-state index contributed by atoms with van der Waals surface area (Å²) in [5, 5.41) is 0. The van der Waals surface area contributed by atoms with Gasteiger partial charge in [0, 0.05) is 0 Å². The molecule has 2 nitrogen and oxygen atoms in total. The minimum Gasteiger partial charge on any atom is -0.457 e. The molecule has 12 heavy (non-hydrogen) atoms. The molecule has 0 saturated carbocycles. The molecule has 0 saturated heterocycles. The molecule has 0 unspecified atom stereocenters. The maximum atomic E-state index is 11.0. The zero-order chi connectivity index (χ0) is 9.14. The number of hydrogen-bond acceptors (Lipinski definition) is 2. The highest BCUT2D eigenvalue weighted by Crippen LogP contribution is 2.23. The zero-order valence-electron chi connectivity index (χ0n) is 7.96. The van der Waals surface area contributed by atoms with Crippen LogP contribution in [0, 0.1) is 5.92 Å². The highest BCUT2D eigenvalue weighted by atomic mass is 16.5. The first-order valence-electron chi connectivity index (χ1n) is 4.51. The first-order valence-corrected chi connectivity index (χ1v) is 4.51. The summed E-state index contributed by atoms with van der Waals surface area (Å²) in [6.07, 6.45) is 3.49. The van der Waals surface area contributed by atoms with E-state index in [-0.39, 0.29) is 12.1 Å². The van der Waals surface area contributed by atoms with Crippen LogP contribution in [0.25, 0.3) is 0 Å². The first-order chi connectivity index (χ1) is 5.65. The van der Waals surface area contributed by atoms with Crippen molar-refractivity contribution in [2.45, 2.75) is 39.7 Å². The molecule has 0 aromatic rings. The van der Waals surface area contributed by atoms with Crippen LogP contribution in [0.15, 0.2) is 11.6 Å². The van der Waals surface area contributed by atoms with Gasteiger partial charge in [0.2, 0.25) is 0 Å². The molecule has 0 N–H and O–H groups in total. The van der Waals surface area contributed by atoms with Gasteiger partial charge in [-0.2, -0.15) is 0 Å². The summed E-state index contributed by atoms with van der Waals surface area (Å²) in [6, 6.07) is 0. The molecule has 0 fully saturated rings. The van der Waals surface area contributed by atoms with E-state index in [0.717, 1.165) is 6.42 Å². The van der Waals surface area contributed by atoms with E-state index < -0.39 is 0 Å². The second kappa shape index (κ2) is 3.74. The van der Waals surface area contributed by atoms with E-state index in [9.17, 15) is 4.79 Å². The highest BCUT2D eigenvalue weighted by Gasteiger charge is 2.24. The third-order valence-electron chi connectivity index (χ3n) is 2.46. The summed E-state index contributed by atoms with van der Waals surface area (Å²) >= 11 is 0. The van der Waals surface area contributed by atoms with Crippen molar-refractivity contribution in [3.8, 4) is 0 Å². The summed E-state index contributed by atoms with van der Waals surface area (Å²) in [4.78, 5) is 11.0. The lowest BCUT2D eigenvalue weighted by molar-refractivity contribution is -0.149. The Bertz CT molecular complexity index is 206. The van der Waals surface area contributed by atoms with Crippen molar-refractivity contribution < 1.29 is 9.53 Å². The number of rotatable bonds is 2. The first kappa shape index (κ1) is 9.30. The molecule has 0 bridgehead atoms.